The number of aromatic nitrogens is 4. The van der Waals surface area contributed by atoms with Crippen LogP contribution in [0.4, 0.5) is 0 Å². The average molecular weight is 268 g/mol. The molecule has 0 bridgehead atoms. The summed E-state index contributed by atoms with van der Waals surface area (Å²) in [4.78, 5) is 13.9. The lowest BCUT2D eigenvalue weighted by Crippen LogP contribution is -2.49. The summed E-state index contributed by atoms with van der Waals surface area (Å²) >= 11 is 0. The van der Waals surface area contributed by atoms with Crippen molar-refractivity contribution in [2.24, 2.45) is 0 Å². The van der Waals surface area contributed by atoms with Crippen LogP contribution in [0.5, 0.6) is 0 Å². The summed E-state index contributed by atoms with van der Waals surface area (Å²) in [5.41, 5.74) is 0. The number of carbonyl (C=O) groups is 1. The molecule has 1 aromatic rings. The summed E-state index contributed by atoms with van der Waals surface area (Å²) in [6.45, 7) is 7.16. The highest BCUT2D eigenvalue weighted by Gasteiger charge is 2.23. The lowest BCUT2D eigenvalue weighted by Gasteiger charge is -2.34. The SMILES string of the molecule is C[C@@H]1CN(CC(=O)NCCn2cnnn2)C[C@H](C)O1. The highest BCUT2D eigenvalue weighted by Crippen LogP contribution is 2.09. The first-order valence-corrected chi connectivity index (χ1v) is 6.49. The monoisotopic (exact) mass is 268 g/mol. The zero-order valence-corrected chi connectivity index (χ0v) is 11.3. The minimum atomic E-state index is 0.0226. The fourth-order valence-corrected chi connectivity index (χ4v) is 2.27. The van der Waals surface area contributed by atoms with Gasteiger partial charge >= 0.3 is 0 Å². The van der Waals surface area contributed by atoms with E-state index in [4.69, 9.17) is 4.74 Å². The van der Waals surface area contributed by atoms with Crippen molar-refractivity contribution < 1.29 is 9.53 Å². The maximum atomic E-state index is 11.8. The van der Waals surface area contributed by atoms with Crippen molar-refractivity contribution >= 4 is 5.91 Å². The van der Waals surface area contributed by atoms with Gasteiger partial charge in [-0.1, -0.05) is 0 Å². The number of carbonyl (C=O) groups excluding carboxylic acids is 1. The molecule has 0 radical (unpaired) electrons. The van der Waals surface area contributed by atoms with Gasteiger partial charge in [0.1, 0.15) is 6.33 Å². The molecule has 1 aromatic heterocycles. The van der Waals surface area contributed by atoms with Crippen LogP contribution >= 0.6 is 0 Å². The maximum Gasteiger partial charge on any atom is 0.234 e. The normalized spacial score (nSPS) is 24.3. The Bertz CT molecular complexity index is 386. The van der Waals surface area contributed by atoms with E-state index in [1.54, 1.807) is 4.68 Å². The van der Waals surface area contributed by atoms with Crippen molar-refractivity contribution in [3.63, 3.8) is 0 Å². The number of hydrogen-bond acceptors (Lipinski definition) is 6. The van der Waals surface area contributed by atoms with Gasteiger partial charge in [-0.05, 0) is 24.3 Å². The number of nitrogens with zero attached hydrogens (tertiary/aromatic N) is 5. The third-order valence-corrected chi connectivity index (χ3v) is 2.92. The van der Waals surface area contributed by atoms with Crippen molar-refractivity contribution in [2.45, 2.75) is 32.6 Å². The Kier molecular flexibility index (Phi) is 4.80. The predicted molar refractivity (Wildman–Crippen MR) is 67.3 cm³/mol. The Morgan fingerprint density at radius 3 is 2.79 bits per heavy atom. The van der Waals surface area contributed by atoms with E-state index in [1.807, 2.05) is 13.8 Å². The molecule has 2 heterocycles. The van der Waals surface area contributed by atoms with E-state index in [9.17, 15) is 4.79 Å². The quantitative estimate of drug-likeness (QED) is 0.729. The first kappa shape index (κ1) is 13.9. The third kappa shape index (κ3) is 4.56. The second kappa shape index (κ2) is 6.58. The maximum absolute atomic E-state index is 11.8. The van der Waals surface area contributed by atoms with Crippen molar-refractivity contribution in [1.29, 1.82) is 0 Å². The summed E-state index contributed by atoms with van der Waals surface area (Å²) in [5.74, 6) is 0.0226. The van der Waals surface area contributed by atoms with E-state index in [2.05, 4.69) is 25.7 Å². The van der Waals surface area contributed by atoms with Gasteiger partial charge in [0.2, 0.25) is 5.91 Å². The number of hydrogen-bond donors (Lipinski definition) is 1. The minimum absolute atomic E-state index is 0.0226. The molecule has 1 N–H and O–H groups in total. The topological polar surface area (TPSA) is 85.2 Å². The lowest BCUT2D eigenvalue weighted by molar-refractivity contribution is -0.126. The molecule has 1 fully saturated rings. The highest BCUT2D eigenvalue weighted by molar-refractivity contribution is 5.77. The van der Waals surface area contributed by atoms with Crippen molar-refractivity contribution in [1.82, 2.24) is 30.4 Å². The van der Waals surface area contributed by atoms with Gasteiger partial charge in [0, 0.05) is 19.6 Å². The van der Waals surface area contributed by atoms with Crippen molar-refractivity contribution in [3.05, 3.63) is 6.33 Å². The predicted octanol–water partition coefficient (Wildman–Crippen LogP) is -1.10. The Morgan fingerprint density at radius 1 is 1.42 bits per heavy atom. The minimum Gasteiger partial charge on any atom is -0.373 e. The highest BCUT2D eigenvalue weighted by atomic mass is 16.5. The zero-order valence-electron chi connectivity index (χ0n) is 11.3. The fourth-order valence-electron chi connectivity index (χ4n) is 2.27. The Balaban J connectivity index is 1.66. The number of ether oxygens (including phenoxy) is 1. The Morgan fingerprint density at radius 2 is 2.16 bits per heavy atom. The van der Waals surface area contributed by atoms with Crippen LogP contribution in [0.3, 0.4) is 0 Å². The fraction of sp³-hybridized carbons (Fsp3) is 0.818. The summed E-state index contributed by atoms with van der Waals surface area (Å²) in [6, 6.07) is 0. The molecule has 0 unspecified atom stereocenters. The van der Waals surface area contributed by atoms with E-state index in [-0.39, 0.29) is 18.1 Å². The van der Waals surface area contributed by atoms with E-state index in [1.165, 1.54) is 6.33 Å². The second-order valence-corrected chi connectivity index (χ2v) is 4.87. The molecule has 19 heavy (non-hydrogen) atoms. The molecule has 1 aliphatic heterocycles. The van der Waals surface area contributed by atoms with Crippen LogP contribution in [0.1, 0.15) is 13.8 Å². The van der Waals surface area contributed by atoms with Gasteiger partial charge in [-0.3, -0.25) is 9.69 Å². The number of morpholine rings is 1. The van der Waals surface area contributed by atoms with Gasteiger partial charge in [-0.25, -0.2) is 4.68 Å². The van der Waals surface area contributed by atoms with Crippen molar-refractivity contribution in [2.75, 3.05) is 26.2 Å². The molecule has 2 rings (SSSR count). The van der Waals surface area contributed by atoms with Crippen LogP contribution in [0.25, 0.3) is 0 Å². The molecule has 1 saturated heterocycles. The molecule has 1 amide bonds. The van der Waals surface area contributed by atoms with E-state index >= 15 is 0 Å². The molecular formula is C11H20N6O2. The Hall–Kier alpha value is -1.54. The van der Waals surface area contributed by atoms with Crippen LogP contribution in [-0.2, 0) is 16.1 Å². The number of nitrogens with one attached hydrogen (secondary N) is 1. The van der Waals surface area contributed by atoms with Crippen LogP contribution in [0.2, 0.25) is 0 Å². The summed E-state index contributed by atoms with van der Waals surface area (Å²) in [7, 11) is 0. The molecule has 0 saturated carbocycles. The smallest absolute Gasteiger partial charge is 0.234 e. The van der Waals surface area contributed by atoms with E-state index in [0.717, 1.165) is 13.1 Å². The number of amides is 1. The molecule has 2 atom stereocenters. The van der Waals surface area contributed by atoms with Gasteiger partial charge in [0.25, 0.3) is 0 Å². The van der Waals surface area contributed by atoms with Gasteiger partial charge in [0.15, 0.2) is 0 Å². The molecule has 0 aromatic carbocycles. The van der Waals surface area contributed by atoms with Crippen LogP contribution < -0.4 is 5.32 Å². The number of rotatable bonds is 5. The molecule has 8 heteroatoms. The number of tetrazole rings is 1. The largest absolute Gasteiger partial charge is 0.373 e. The van der Waals surface area contributed by atoms with Crippen molar-refractivity contribution in [3.8, 4) is 0 Å². The molecular weight excluding hydrogens is 248 g/mol. The van der Waals surface area contributed by atoms with Gasteiger partial charge in [-0.2, -0.15) is 0 Å². The summed E-state index contributed by atoms with van der Waals surface area (Å²) < 4.78 is 7.21. The molecule has 1 aliphatic rings. The van der Waals surface area contributed by atoms with Gasteiger partial charge in [0.05, 0.1) is 25.3 Å². The first-order valence-electron chi connectivity index (χ1n) is 6.49. The first-order chi connectivity index (χ1) is 9.13. The van der Waals surface area contributed by atoms with Crippen LogP contribution in [0.15, 0.2) is 6.33 Å². The summed E-state index contributed by atoms with van der Waals surface area (Å²) in [6.07, 6.45) is 1.88. The molecule has 0 aliphatic carbocycles. The van der Waals surface area contributed by atoms with E-state index in [0.29, 0.717) is 19.6 Å². The summed E-state index contributed by atoms with van der Waals surface area (Å²) in [5, 5.41) is 13.6. The van der Waals surface area contributed by atoms with Gasteiger partial charge < -0.3 is 10.1 Å². The second-order valence-electron chi connectivity index (χ2n) is 4.87. The Labute approximate surface area is 112 Å². The van der Waals surface area contributed by atoms with Crippen LogP contribution in [-0.4, -0.2) is 69.4 Å². The van der Waals surface area contributed by atoms with Crippen LogP contribution in [0, 0.1) is 0 Å². The van der Waals surface area contributed by atoms with Gasteiger partial charge in [-0.15, -0.1) is 5.10 Å². The molecule has 8 nitrogen and oxygen atoms in total. The lowest BCUT2D eigenvalue weighted by atomic mass is 10.2. The zero-order chi connectivity index (χ0) is 13.7. The average Bonchev–Trinajstić information content (AvgIpc) is 2.80. The van der Waals surface area contributed by atoms with E-state index < -0.39 is 0 Å². The third-order valence-electron chi connectivity index (χ3n) is 2.92. The molecule has 106 valence electrons. The molecule has 0 spiro atoms. The standard InChI is InChI=1S/C11H20N6O2/c1-9-5-16(6-10(2)19-9)7-11(18)12-3-4-17-8-13-14-15-17/h8-10H,3-7H2,1-2H3,(H,12,18)/t9-,10+.